The standard InChI is InChI=1S/C14H17FN4O2.CO2/c1-2-10-9-20-14(18-10)19-7-4-12(11(15)8-19)21-13-16-5-3-6-17-13;2-1-3/h3,5-6,9,11-12H,2,4,7-8H2,1H3;/t11-,12+;/m1./s1. The van der Waals surface area contributed by atoms with E-state index in [9.17, 15) is 4.39 Å². The Hall–Kier alpha value is -2.80. The van der Waals surface area contributed by atoms with Crippen LogP contribution in [0.2, 0.25) is 0 Å². The van der Waals surface area contributed by atoms with E-state index in [0.717, 1.165) is 12.1 Å². The summed E-state index contributed by atoms with van der Waals surface area (Å²) in [7, 11) is 0. The molecule has 0 bridgehead atoms. The van der Waals surface area contributed by atoms with Crippen molar-refractivity contribution in [2.75, 3.05) is 18.0 Å². The molecule has 1 aliphatic rings. The summed E-state index contributed by atoms with van der Waals surface area (Å²) in [4.78, 5) is 30.3. The van der Waals surface area contributed by atoms with Crippen LogP contribution < -0.4 is 9.64 Å². The molecule has 0 aromatic carbocycles. The first-order chi connectivity index (χ1) is 11.7. The number of rotatable bonds is 4. The second-order valence-electron chi connectivity index (χ2n) is 5.00. The Kier molecular flexibility index (Phi) is 6.39. The number of piperidine rings is 1. The first-order valence-electron chi connectivity index (χ1n) is 7.44. The summed E-state index contributed by atoms with van der Waals surface area (Å²) in [6, 6.07) is 2.38. The minimum Gasteiger partial charge on any atom is -0.457 e. The highest BCUT2D eigenvalue weighted by molar-refractivity contribution is 5.28. The number of nitrogens with zero attached hydrogens (tertiary/aromatic N) is 4. The maximum absolute atomic E-state index is 14.3. The number of hydrogen-bond acceptors (Lipinski definition) is 8. The van der Waals surface area contributed by atoms with Crippen LogP contribution in [-0.4, -0.2) is 46.5 Å². The largest absolute Gasteiger partial charge is 0.457 e. The lowest BCUT2D eigenvalue weighted by Crippen LogP contribution is -2.47. The Labute approximate surface area is 137 Å². The Bertz CT molecular complexity index is 661. The van der Waals surface area contributed by atoms with Crippen molar-refractivity contribution in [2.24, 2.45) is 0 Å². The normalized spacial score (nSPS) is 19.8. The first kappa shape index (κ1) is 17.6. The predicted octanol–water partition coefficient (Wildman–Crippen LogP) is 1.44. The van der Waals surface area contributed by atoms with Gasteiger partial charge in [-0.1, -0.05) is 6.92 Å². The molecule has 128 valence electrons. The van der Waals surface area contributed by atoms with Crippen LogP contribution in [0.15, 0.2) is 29.1 Å². The second-order valence-corrected chi connectivity index (χ2v) is 5.00. The van der Waals surface area contributed by atoms with Gasteiger partial charge in [0.2, 0.25) is 0 Å². The third-order valence-electron chi connectivity index (χ3n) is 3.45. The van der Waals surface area contributed by atoms with Crippen molar-refractivity contribution >= 4 is 12.2 Å². The zero-order chi connectivity index (χ0) is 17.4. The van der Waals surface area contributed by atoms with Crippen LogP contribution in [0.25, 0.3) is 0 Å². The van der Waals surface area contributed by atoms with Crippen LogP contribution in [-0.2, 0) is 16.0 Å². The molecular weight excluding hydrogens is 319 g/mol. The van der Waals surface area contributed by atoms with Crippen molar-refractivity contribution in [1.29, 1.82) is 0 Å². The molecule has 0 N–H and O–H groups in total. The fourth-order valence-corrected chi connectivity index (χ4v) is 2.28. The molecule has 0 unspecified atom stereocenters. The van der Waals surface area contributed by atoms with Gasteiger partial charge < -0.3 is 14.1 Å². The van der Waals surface area contributed by atoms with Gasteiger partial charge in [-0.2, -0.15) is 14.6 Å². The summed E-state index contributed by atoms with van der Waals surface area (Å²) in [5, 5.41) is 0. The highest BCUT2D eigenvalue weighted by Crippen LogP contribution is 2.23. The van der Waals surface area contributed by atoms with Crippen LogP contribution in [0.4, 0.5) is 10.4 Å². The summed E-state index contributed by atoms with van der Waals surface area (Å²) >= 11 is 0. The molecule has 0 radical (unpaired) electrons. The van der Waals surface area contributed by atoms with Crippen LogP contribution in [0.5, 0.6) is 6.01 Å². The average molecular weight is 336 g/mol. The van der Waals surface area contributed by atoms with Gasteiger partial charge in [-0.3, -0.25) is 0 Å². The van der Waals surface area contributed by atoms with E-state index in [1.807, 2.05) is 6.92 Å². The van der Waals surface area contributed by atoms with E-state index in [1.54, 1.807) is 29.6 Å². The van der Waals surface area contributed by atoms with Crippen LogP contribution in [0.1, 0.15) is 19.0 Å². The van der Waals surface area contributed by atoms with Gasteiger partial charge in [-0.15, -0.1) is 0 Å². The lowest BCUT2D eigenvalue weighted by molar-refractivity contribution is -0.191. The van der Waals surface area contributed by atoms with Crippen molar-refractivity contribution in [3.63, 3.8) is 0 Å². The summed E-state index contributed by atoms with van der Waals surface area (Å²) in [5.41, 5.74) is 0.872. The molecule has 2 aromatic heterocycles. The van der Waals surface area contributed by atoms with E-state index in [0.29, 0.717) is 19.0 Å². The number of halogens is 1. The molecule has 1 saturated heterocycles. The third-order valence-corrected chi connectivity index (χ3v) is 3.45. The number of carbonyl (C=O) groups excluding carboxylic acids is 2. The molecule has 2 atom stereocenters. The third kappa shape index (κ3) is 4.60. The number of oxazole rings is 1. The molecule has 0 amide bonds. The molecule has 2 aromatic rings. The van der Waals surface area contributed by atoms with Gasteiger partial charge in [0.1, 0.15) is 12.4 Å². The Morgan fingerprint density at radius 3 is 2.71 bits per heavy atom. The van der Waals surface area contributed by atoms with Gasteiger partial charge in [0, 0.05) is 25.4 Å². The average Bonchev–Trinajstić information content (AvgIpc) is 3.07. The van der Waals surface area contributed by atoms with E-state index in [2.05, 4.69) is 15.0 Å². The van der Waals surface area contributed by atoms with Gasteiger partial charge in [0.05, 0.1) is 12.2 Å². The van der Waals surface area contributed by atoms with Gasteiger partial charge >= 0.3 is 12.2 Å². The van der Waals surface area contributed by atoms with E-state index in [1.165, 1.54) is 0 Å². The molecule has 24 heavy (non-hydrogen) atoms. The van der Waals surface area contributed by atoms with Crippen LogP contribution in [0, 0.1) is 0 Å². The number of hydrogen-bond donors (Lipinski definition) is 0. The molecule has 0 saturated carbocycles. The zero-order valence-corrected chi connectivity index (χ0v) is 13.1. The van der Waals surface area contributed by atoms with Crippen molar-refractivity contribution in [2.45, 2.75) is 32.0 Å². The Balaban J connectivity index is 0.000000647. The molecule has 1 fully saturated rings. The number of aryl methyl sites for hydroxylation is 1. The number of ether oxygens (including phenoxy) is 1. The maximum Gasteiger partial charge on any atom is 0.373 e. The Morgan fingerprint density at radius 2 is 2.12 bits per heavy atom. The molecule has 8 nitrogen and oxygen atoms in total. The molecule has 3 heterocycles. The minimum absolute atomic E-state index is 0.196. The minimum atomic E-state index is -1.14. The van der Waals surface area contributed by atoms with Crippen molar-refractivity contribution in [3.05, 3.63) is 30.4 Å². The van der Waals surface area contributed by atoms with Crippen LogP contribution in [0.3, 0.4) is 0 Å². The quantitative estimate of drug-likeness (QED) is 0.827. The monoisotopic (exact) mass is 336 g/mol. The number of aromatic nitrogens is 3. The highest BCUT2D eigenvalue weighted by atomic mass is 19.1. The molecule has 3 rings (SSSR count). The molecule has 9 heteroatoms. The maximum atomic E-state index is 14.3. The van der Waals surface area contributed by atoms with E-state index >= 15 is 0 Å². The van der Waals surface area contributed by atoms with E-state index in [4.69, 9.17) is 18.7 Å². The lowest BCUT2D eigenvalue weighted by Gasteiger charge is -2.33. The van der Waals surface area contributed by atoms with Gasteiger partial charge in [-0.05, 0) is 12.5 Å². The summed E-state index contributed by atoms with van der Waals surface area (Å²) in [6.45, 7) is 2.82. The summed E-state index contributed by atoms with van der Waals surface area (Å²) < 4.78 is 25.1. The van der Waals surface area contributed by atoms with Crippen LogP contribution >= 0.6 is 0 Å². The smallest absolute Gasteiger partial charge is 0.373 e. The summed E-state index contributed by atoms with van der Waals surface area (Å²) in [5.74, 6) is 0. The SMILES string of the molecule is CCc1coc(N2CC[C@H](Oc3ncccn3)[C@H](F)C2)n1.O=C=O. The number of anilines is 1. The highest BCUT2D eigenvalue weighted by Gasteiger charge is 2.33. The van der Waals surface area contributed by atoms with Crippen molar-refractivity contribution in [3.8, 4) is 6.01 Å². The van der Waals surface area contributed by atoms with Crippen molar-refractivity contribution in [1.82, 2.24) is 15.0 Å². The second kappa shape index (κ2) is 8.73. The summed E-state index contributed by atoms with van der Waals surface area (Å²) in [6.07, 6.45) is 4.66. The van der Waals surface area contributed by atoms with Crippen molar-refractivity contribution < 1.29 is 23.1 Å². The van der Waals surface area contributed by atoms with Gasteiger partial charge in [0.15, 0.2) is 6.17 Å². The topological polar surface area (TPSA) is 98.4 Å². The Morgan fingerprint density at radius 1 is 1.42 bits per heavy atom. The number of alkyl halides is 1. The van der Waals surface area contributed by atoms with E-state index < -0.39 is 12.3 Å². The van der Waals surface area contributed by atoms with Gasteiger partial charge in [0.25, 0.3) is 6.01 Å². The molecule has 0 spiro atoms. The fourth-order valence-electron chi connectivity index (χ4n) is 2.28. The fraction of sp³-hybridized carbons (Fsp3) is 0.467. The molecule has 1 aliphatic heterocycles. The van der Waals surface area contributed by atoms with E-state index in [-0.39, 0.29) is 18.7 Å². The first-order valence-corrected chi connectivity index (χ1v) is 7.44. The molecular formula is C15H17FN4O4. The lowest BCUT2D eigenvalue weighted by atomic mass is 10.1. The van der Waals surface area contributed by atoms with Gasteiger partial charge in [-0.25, -0.2) is 14.4 Å². The zero-order valence-electron chi connectivity index (χ0n) is 13.1. The molecule has 0 aliphatic carbocycles. The predicted molar refractivity (Wildman–Crippen MR) is 79.1 cm³/mol.